The van der Waals surface area contributed by atoms with E-state index in [-0.39, 0.29) is 0 Å². The van der Waals surface area contributed by atoms with Crippen LogP contribution in [-0.2, 0) is 13.0 Å². The van der Waals surface area contributed by atoms with Crippen molar-refractivity contribution in [3.05, 3.63) is 81.7 Å². The Morgan fingerprint density at radius 3 is 2.69 bits per heavy atom. The summed E-state index contributed by atoms with van der Waals surface area (Å²) in [5.41, 5.74) is 2.27. The lowest BCUT2D eigenvalue weighted by Crippen LogP contribution is -2.19. The van der Waals surface area contributed by atoms with Crippen LogP contribution in [0.25, 0.3) is 5.82 Å². The van der Waals surface area contributed by atoms with Gasteiger partial charge in [0, 0.05) is 31.0 Å². The molecule has 2 aromatic heterocycles. The highest BCUT2D eigenvalue weighted by Crippen LogP contribution is 2.24. The van der Waals surface area contributed by atoms with Gasteiger partial charge in [0.05, 0.1) is 10.7 Å². The van der Waals surface area contributed by atoms with Crippen molar-refractivity contribution in [1.29, 1.82) is 0 Å². The largest absolute Gasteiger partial charge is 0.372 e. The van der Waals surface area contributed by atoms with Crippen molar-refractivity contribution in [3.8, 4) is 0 Å². The fourth-order valence-electron chi connectivity index (χ4n) is 2.50. The predicted octanol–water partition coefficient (Wildman–Crippen LogP) is 4.57. The number of nitrogens with zero attached hydrogens (tertiary/aromatic N) is 3. The van der Waals surface area contributed by atoms with E-state index in [2.05, 4.69) is 42.7 Å². The molecule has 0 saturated heterocycles. The fourth-order valence-corrected chi connectivity index (χ4v) is 3.08. The van der Waals surface area contributed by atoms with E-state index < -0.39 is 0 Å². The molecule has 3 aromatic rings. The van der Waals surface area contributed by atoms with Crippen LogP contribution >= 0.6 is 27.5 Å². The zero-order valence-corrected chi connectivity index (χ0v) is 16.6. The summed E-state index contributed by atoms with van der Waals surface area (Å²) < 4.78 is 2.75. The van der Waals surface area contributed by atoms with Crippen LogP contribution in [0.15, 0.2) is 65.5 Å². The third kappa shape index (κ3) is 4.65. The fraction of sp³-hybridized carbons (Fsp3) is 0.158. The molecule has 0 radical (unpaired) electrons. The van der Waals surface area contributed by atoms with Crippen LogP contribution in [0.3, 0.4) is 0 Å². The number of hydrogen-bond donors (Lipinski definition) is 2. The molecule has 7 heteroatoms. The van der Waals surface area contributed by atoms with Gasteiger partial charge in [-0.1, -0.05) is 29.8 Å². The predicted molar refractivity (Wildman–Crippen MR) is 110 cm³/mol. The number of nitrogens with one attached hydrogen (secondary N) is 2. The summed E-state index contributed by atoms with van der Waals surface area (Å²) in [5, 5.41) is 11.8. The monoisotopic (exact) mass is 431 g/mol. The lowest BCUT2D eigenvalue weighted by molar-refractivity contribution is 0.769. The molecule has 0 spiro atoms. The van der Waals surface area contributed by atoms with Crippen molar-refractivity contribution in [2.45, 2.75) is 13.0 Å². The first-order chi connectivity index (χ1) is 12.7. The second-order valence-electron chi connectivity index (χ2n) is 5.64. The van der Waals surface area contributed by atoms with Crippen molar-refractivity contribution in [2.75, 3.05) is 12.4 Å². The van der Waals surface area contributed by atoms with Gasteiger partial charge in [-0.25, -0.2) is 4.68 Å². The van der Waals surface area contributed by atoms with Gasteiger partial charge in [0.1, 0.15) is 11.6 Å². The van der Waals surface area contributed by atoms with Crippen LogP contribution in [0.2, 0.25) is 5.02 Å². The van der Waals surface area contributed by atoms with E-state index in [0.717, 1.165) is 33.1 Å². The molecule has 0 amide bonds. The van der Waals surface area contributed by atoms with Crippen molar-refractivity contribution in [3.63, 3.8) is 0 Å². The van der Waals surface area contributed by atoms with E-state index in [1.54, 1.807) is 12.4 Å². The second-order valence-corrected chi connectivity index (χ2v) is 6.93. The highest BCUT2D eigenvalue weighted by atomic mass is 79.9. The number of rotatable bonds is 7. The molecule has 2 heterocycles. The maximum absolute atomic E-state index is 5.97. The quantitative estimate of drug-likeness (QED) is 0.574. The van der Waals surface area contributed by atoms with Crippen LogP contribution < -0.4 is 10.6 Å². The number of halogens is 2. The maximum Gasteiger partial charge on any atom is 0.145 e. The first-order valence-electron chi connectivity index (χ1n) is 8.16. The SMILES string of the molecule is CNc1c(Br)cnn1/C(=C\Cc1ccc(Cl)cc1)NCc1cccnc1. The molecule has 1 aromatic carbocycles. The molecule has 0 aliphatic heterocycles. The lowest BCUT2D eigenvalue weighted by atomic mass is 10.1. The topological polar surface area (TPSA) is 54.8 Å². The minimum atomic E-state index is 0.654. The summed E-state index contributed by atoms with van der Waals surface area (Å²) in [4.78, 5) is 4.16. The second kappa shape index (κ2) is 8.87. The molecule has 0 atom stereocenters. The standard InChI is InChI=1S/C19H19BrClN5/c1-22-19-17(20)13-25-26(19)18(24-12-15-3-2-10-23-11-15)9-6-14-4-7-16(21)8-5-14/h2-5,7-11,13,22,24H,6,12H2,1H3/b18-9-. The minimum absolute atomic E-state index is 0.654. The summed E-state index contributed by atoms with van der Waals surface area (Å²) in [7, 11) is 1.87. The molecule has 0 saturated carbocycles. The van der Waals surface area contributed by atoms with E-state index >= 15 is 0 Å². The molecule has 134 valence electrons. The van der Waals surface area contributed by atoms with Crippen LogP contribution in [-0.4, -0.2) is 21.8 Å². The first-order valence-corrected chi connectivity index (χ1v) is 9.33. The minimum Gasteiger partial charge on any atom is -0.372 e. The normalized spacial score (nSPS) is 11.4. The Hall–Kier alpha value is -2.31. The van der Waals surface area contributed by atoms with Gasteiger partial charge in [0.2, 0.25) is 0 Å². The highest BCUT2D eigenvalue weighted by Gasteiger charge is 2.11. The van der Waals surface area contributed by atoms with E-state index in [9.17, 15) is 0 Å². The number of benzene rings is 1. The molecule has 3 rings (SSSR count). The molecule has 2 N–H and O–H groups in total. The first kappa shape index (κ1) is 18.5. The highest BCUT2D eigenvalue weighted by molar-refractivity contribution is 9.10. The zero-order chi connectivity index (χ0) is 18.4. The van der Waals surface area contributed by atoms with Gasteiger partial charge < -0.3 is 10.6 Å². The molecule has 0 bridgehead atoms. The van der Waals surface area contributed by atoms with Crippen LogP contribution in [0.5, 0.6) is 0 Å². The van der Waals surface area contributed by atoms with Gasteiger partial charge in [0.15, 0.2) is 0 Å². The Labute approximate surface area is 166 Å². The van der Waals surface area contributed by atoms with Gasteiger partial charge >= 0.3 is 0 Å². The Bertz CT molecular complexity index is 875. The Balaban J connectivity index is 1.84. The van der Waals surface area contributed by atoms with Crippen molar-refractivity contribution < 1.29 is 0 Å². The summed E-state index contributed by atoms with van der Waals surface area (Å²) in [6.45, 7) is 0.654. The summed E-state index contributed by atoms with van der Waals surface area (Å²) >= 11 is 9.49. The van der Waals surface area contributed by atoms with Crippen LogP contribution in [0, 0.1) is 0 Å². The maximum atomic E-state index is 5.97. The summed E-state index contributed by atoms with van der Waals surface area (Å²) in [6, 6.07) is 11.8. The van der Waals surface area contributed by atoms with Crippen LogP contribution in [0.4, 0.5) is 5.82 Å². The average molecular weight is 433 g/mol. The van der Waals surface area contributed by atoms with E-state index in [4.69, 9.17) is 11.6 Å². The summed E-state index contributed by atoms with van der Waals surface area (Å²) in [6.07, 6.45) is 8.26. The van der Waals surface area contributed by atoms with E-state index in [1.165, 1.54) is 5.56 Å². The molecule has 0 aliphatic rings. The van der Waals surface area contributed by atoms with Gasteiger partial charge in [-0.2, -0.15) is 5.10 Å². The number of allylic oxidation sites excluding steroid dienone is 1. The lowest BCUT2D eigenvalue weighted by Gasteiger charge is -2.14. The van der Waals surface area contributed by atoms with Crippen molar-refractivity contribution in [1.82, 2.24) is 20.1 Å². The third-order valence-corrected chi connectivity index (χ3v) is 4.66. The zero-order valence-electron chi connectivity index (χ0n) is 14.3. The number of aromatic nitrogens is 3. The number of hydrogen-bond acceptors (Lipinski definition) is 4. The van der Waals surface area contributed by atoms with E-state index in [1.807, 2.05) is 54.3 Å². The molecular formula is C19H19BrClN5. The summed E-state index contributed by atoms with van der Waals surface area (Å²) in [5.74, 6) is 1.77. The van der Waals surface area contributed by atoms with Crippen molar-refractivity contribution in [2.24, 2.45) is 0 Å². The number of pyridine rings is 1. The molecule has 0 aliphatic carbocycles. The van der Waals surface area contributed by atoms with Gasteiger partial charge in [-0.15, -0.1) is 0 Å². The number of anilines is 1. The Morgan fingerprint density at radius 1 is 1.19 bits per heavy atom. The Kier molecular flexibility index (Phi) is 6.30. The third-order valence-electron chi connectivity index (χ3n) is 3.83. The molecule has 5 nitrogen and oxygen atoms in total. The molecule has 26 heavy (non-hydrogen) atoms. The smallest absolute Gasteiger partial charge is 0.145 e. The molecule has 0 fully saturated rings. The van der Waals surface area contributed by atoms with Gasteiger partial charge in [-0.05, 0) is 57.8 Å². The van der Waals surface area contributed by atoms with Gasteiger partial charge in [0.25, 0.3) is 0 Å². The van der Waals surface area contributed by atoms with Gasteiger partial charge in [-0.3, -0.25) is 4.98 Å². The Morgan fingerprint density at radius 2 is 2.00 bits per heavy atom. The van der Waals surface area contributed by atoms with E-state index in [0.29, 0.717) is 6.54 Å². The molecular weight excluding hydrogens is 414 g/mol. The van der Waals surface area contributed by atoms with Crippen molar-refractivity contribution >= 4 is 39.2 Å². The van der Waals surface area contributed by atoms with Crippen LogP contribution in [0.1, 0.15) is 11.1 Å². The molecule has 0 unspecified atom stereocenters. The average Bonchev–Trinajstić information content (AvgIpc) is 3.04.